The first-order valence-corrected chi connectivity index (χ1v) is 10.5. The summed E-state index contributed by atoms with van der Waals surface area (Å²) in [6, 6.07) is 0. The first kappa shape index (κ1) is 18.1. The second-order valence-electron chi connectivity index (χ2n) is 8.29. The highest BCUT2D eigenvalue weighted by atomic mass is 14.3. The summed E-state index contributed by atoms with van der Waals surface area (Å²) >= 11 is 0. The van der Waals surface area contributed by atoms with Gasteiger partial charge in [-0.3, -0.25) is 0 Å². The molecule has 2 fully saturated rings. The van der Waals surface area contributed by atoms with Crippen LogP contribution >= 0.6 is 0 Å². The van der Waals surface area contributed by atoms with E-state index in [1.807, 2.05) is 0 Å². The lowest BCUT2D eigenvalue weighted by Crippen LogP contribution is -2.14. The van der Waals surface area contributed by atoms with Gasteiger partial charge in [-0.15, -0.1) is 0 Å². The molecule has 0 spiro atoms. The number of rotatable bonds is 8. The molecule has 0 aromatic rings. The van der Waals surface area contributed by atoms with Crippen molar-refractivity contribution in [3.63, 3.8) is 0 Å². The van der Waals surface area contributed by atoms with Crippen LogP contribution in [0.3, 0.4) is 0 Å². The summed E-state index contributed by atoms with van der Waals surface area (Å²) in [7, 11) is 0. The molecule has 0 heteroatoms. The summed E-state index contributed by atoms with van der Waals surface area (Å²) in [6.07, 6.45) is 25.5. The van der Waals surface area contributed by atoms with Gasteiger partial charge in [0.15, 0.2) is 0 Å². The van der Waals surface area contributed by atoms with Crippen LogP contribution in [0.5, 0.6) is 0 Å². The molecule has 0 N–H and O–H groups in total. The van der Waals surface area contributed by atoms with Crippen LogP contribution in [0, 0.1) is 23.7 Å². The molecule has 0 saturated heterocycles. The second kappa shape index (κ2) is 10.5. The van der Waals surface area contributed by atoms with Gasteiger partial charge in [-0.05, 0) is 62.2 Å². The van der Waals surface area contributed by atoms with Crippen molar-refractivity contribution in [1.29, 1.82) is 0 Å². The van der Waals surface area contributed by atoms with E-state index in [2.05, 4.69) is 26.0 Å². The van der Waals surface area contributed by atoms with Gasteiger partial charge in [0.2, 0.25) is 0 Å². The van der Waals surface area contributed by atoms with Gasteiger partial charge in [0.05, 0.1) is 0 Å². The van der Waals surface area contributed by atoms with Gasteiger partial charge in [-0.2, -0.15) is 0 Å². The van der Waals surface area contributed by atoms with E-state index in [-0.39, 0.29) is 0 Å². The lowest BCUT2D eigenvalue weighted by Gasteiger charge is -2.28. The lowest BCUT2D eigenvalue weighted by molar-refractivity contribution is 0.260. The first-order chi connectivity index (χ1) is 10.8. The standard InChI is InChI=1S/C22H40/c1-3-7-19-11-15-21(16-12-19)9-5-6-10-22-17-13-20(8-4-2)14-18-22/h5-6,19-22H,3-4,7-18H2,1-2H3. The van der Waals surface area contributed by atoms with Crippen LogP contribution in [0.15, 0.2) is 12.2 Å². The number of allylic oxidation sites excluding steroid dienone is 2. The zero-order valence-corrected chi connectivity index (χ0v) is 15.4. The maximum atomic E-state index is 2.53. The predicted octanol–water partition coefficient (Wildman–Crippen LogP) is 7.54. The molecular weight excluding hydrogens is 264 g/mol. The average molecular weight is 305 g/mol. The molecule has 2 rings (SSSR count). The van der Waals surface area contributed by atoms with Gasteiger partial charge in [-0.25, -0.2) is 0 Å². The molecular formula is C22H40. The minimum atomic E-state index is 1.00. The summed E-state index contributed by atoms with van der Waals surface area (Å²) in [4.78, 5) is 0. The van der Waals surface area contributed by atoms with Gasteiger partial charge >= 0.3 is 0 Å². The summed E-state index contributed by atoms with van der Waals surface area (Å²) in [5.74, 6) is 4.13. The van der Waals surface area contributed by atoms with Gasteiger partial charge in [0.25, 0.3) is 0 Å². The number of hydrogen-bond donors (Lipinski definition) is 0. The molecule has 2 saturated carbocycles. The summed E-state index contributed by atoms with van der Waals surface area (Å²) < 4.78 is 0. The summed E-state index contributed by atoms with van der Waals surface area (Å²) in [5.41, 5.74) is 0. The topological polar surface area (TPSA) is 0 Å². The normalized spacial score (nSPS) is 33.4. The molecule has 0 heterocycles. The minimum Gasteiger partial charge on any atom is -0.0883 e. The van der Waals surface area contributed by atoms with E-state index >= 15 is 0 Å². The molecule has 0 aromatic carbocycles. The Hall–Kier alpha value is -0.260. The van der Waals surface area contributed by atoms with E-state index in [9.17, 15) is 0 Å². The molecule has 2 aliphatic rings. The molecule has 2 aliphatic carbocycles. The Morgan fingerprint density at radius 3 is 1.18 bits per heavy atom. The predicted molar refractivity (Wildman–Crippen MR) is 99.1 cm³/mol. The van der Waals surface area contributed by atoms with E-state index in [0.29, 0.717) is 0 Å². The molecule has 0 atom stereocenters. The smallest absolute Gasteiger partial charge is 0.0322 e. The Balaban J connectivity index is 1.54. The Kier molecular flexibility index (Phi) is 8.63. The van der Waals surface area contributed by atoms with Crippen LogP contribution in [0.4, 0.5) is 0 Å². The van der Waals surface area contributed by atoms with Crippen LogP contribution in [-0.2, 0) is 0 Å². The highest BCUT2D eigenvalue weighted by Crippen LogP contribution is 2.35. The molecule has 128 valence electrons. The van der Waals surface area contributed by atoms with E-state index < -0.39 is 0 Å². The van der Waals surface area contributed by atoms with Gasteiger partial charge in [-0.1, -0.05) is 77.4 Å². The summed E-state index contributed by atoms with van der Waals surface area (Å²) in [6.45, 7) is 4.68. The Morgan fingerprint density at radius 2 is 0.864 bits per heavy atom. The average Bonchev–Trinajstić information content (AvgIpc) is 2.55. The highest BCUT2D eigenvalue weighted by Gasteiger charge is 2.20. The van der Waals surface area contributed by atoms with Crippen molar-refractivity contribution in [2.75, 3.05) is 0 Å². The van der Waals surface area contributed by atoms with E-state index in [1.165, 1.54) is 89.9 Å². The Morgan fingerprint density at radius 1 is 0.545 bits per heavy atom. The molecule has 22 heavy (non-hydrogen) atoms. The quantitative estimate of drug-likeness (QED) is 0.406. The summed E-state index contributed by atoms with van der Waals surface area (Å²) in [5, 5.41) is 0. The molecule has 0 unspecified atom stereocenters. The zero-order chi connectivity index (χ0) is 15.6. The van der Waals surface area contributed by atoms with Gasteiger partial charge in [0.1, 0.15) is 0 Å². The Labute approximate surface area is 140 Å². The fraction of sp³-hybridized carbons (Fsp3) is 0.909. The van der Waals surface area contributed by atoms with Crippen molar-refractivity contribution in [3.8, 4) is 0 Å². The molecule has 0 radical (unpaired) electrons. The van der Waals surface area contributed by atoms with Gasteiger partial charge < -0.3 is 0 Å². The third-order valence-corrected chi connectivity index (χ3v) is 6.43. The maximum absolute atomic E-state index is 2.53. The van der Waals surface area contributed by atoms with Crippen LogP contribution in [0.2, 0.25) is 0 Å². The monoisotopic (exact) mass is 304 g/mol. The molecule has 0 aromatic heterocycles. The molecule has 0 nitrogen and oxygen atoms in total. The maximum Gasteiger partial charge on any atom is -0.0322 e. The van der Waals surface area contributed by atoms with Crippen LogP contribution < -0.4 is 0 Å². The van der Waals surface area contributed by atoms with Crippen molar-refractivity contribution in [2.24, 2.45) is 23.7 Å². The van der Waals surface area contributed by atoms with Crippen LogP contribution in [0.1, 0.15) is 104 Å². The second-order valence-corrected chi connectivity index (χ2v) is 8.29. The zero-order valence-electron chi connectivity index (χ0n) is 15.4. The molecule has 0 bridgehead atoms. The van der Waals surface area contributed by atoms with Crippen molar-refractivity contribution >= 4 is 0 Å². The van der Waals surface area contributed by atoms with E-state index in [4.69, 9.17) is 0 Å². The first-order valence-electron chi connectivity index (χ1n) is 10.5. The fourth-order valence-corrected chi connectivity index (χ4v) is 4.91. The van der Waals surface area contributed by atoms with Gasteiger partial charge in [0, 0.05) is 0 Å². The third-order valence-electron chi connectivity index (χ3n) is 6.43. The highest BCUT2D eigenvalue weighted by molar-refractivity contribution is 4.88. The fourth-order valence-electron chi connectivity index (χ4n) is 4.91. The SMILES string of the molecule is CCCC1CCC(CC=CCC2CCC(CCC)CC2)CC1. The third kappa shape index (κ3) is 6.47. The van der Waals surface area contributed by atoms with Crippen LogP contribution in [0.25, 0.3) is 0 Å². The van der Waals surface area contributed by atoms with Crippen molar-refractivity contribution in [3.05, 3.63) is 12.2 Å². The minimum absolute atomic E-state index is 1.00. The largest absolute Gasteiger partial charge is 0.0883 e. The van der Waals surface area contributed by atoms with Crippen LogP contribution in [-0.4, -0.2) is 0 Å². The van der Waals surface area contributed by atoms with Crippen molar-refractivity contribution in [1.82, 2.24) is 0 Å². The molecule has 0 amide bonds. The molecule has 0 aliphatic heterocycles. The number of hydrogen-bond acceptors (Lipinski definition) is 0. The van der Waals surface area contributed by atoms with E-state index in [0.717, 1.165) is 23.7 Å². The van der Waals surface area contributed by atoms with Crippen molar-refractivity contribution < 1.29 is 0 Å². The Bertz CT molecular complexity index is 257. The van der Waals surface area contributed by atoms with Crippen molar-refractivity contribution in [2.45, 2.75) is 104 Å². The van der Waals surface area contributed by atoms with E-state index in [1.54, 1.807) is 0 Å². The lowest BCUT2D eigenvalue weighted by atomic mass is 9.78.